The minimum absolute atomic E-state index is 0.0690. The zero-order chi connectivity index (χ0) is 10.9. The molecule has 1 rings (SSSR count). The molecule has 0 aromatic heterocycles. The van der Waals surface area contributed by atoms with E-state index < -0.39 is 12.1 Å². The summed E-state index contributed by atoms with van der Waals surface area (Å²) in [6.07, 6.45) is 1.65. The van der Waals surface area contributed by atoms with E-state index in [4.69, 9.17) is 5.11 Å². The van der Waals surface area contributed by atoms with Gasteiger partial charge < -0.3 is 10.2 Å². The highest BCUT2D eigenvalue weighted by atomic mass is 16.4. The molecule has 3 nitrogen and oxygen atoms in total. The van der Waals surface area contributed by atoms with Crippen molar-refractivity contribution in [1.29, 1.82) is 0 Å². The van der Waals surface area contributed by atoms with E-state index in [1.54, 1.807) is 0 Å². The molecule has 0 heterocycles. The molecule has 1 saturated carbocycles. The van der Waals surface area contributed by atoms with Crippen molar-refractivity contribution >= 4 is 5.97 Å². The lowest BCUT2D eigenvalue weighted by molar-refractivity contribution is -0.152. The Labute approximate surface area is 85.1 Å². The predicted molar refractivity (Wildman–Crippen MR) is 53.9 cm³/mol. The molecule has 0 aromatic carbocycles. The maximum Gasteiger partial charge on any atom is 0.332 e. The highest BCUT2D eigenvalue weighted by molar-refractivity contribution is 5.72. The van der Waals surface area contributed by atoms with Gasteiger partial charge in [-0.1, -0.05) is 20.8 Å². The number of rotatable bonds is 2. The fraction of sp³-hybridized carbons (Fsp3) is 0.909. The lowest BCUT2D eigenvalue weighted by Crippen LogP contribution is -2.39. The quantitative estimate of drug-likeness (QED) is 0.715. The molecule has 3 unspecified atom stereocenters. The fourth-order valence-electron chi connectivity index (χ4n) is 2.62. The molecule has 0 saturated heterocycles. The van der Waals surface area contributed by atoms with Crippen molar-refractivity contribution in [1.82, 2.24) is 0 Å². The Hall–Kier alpha value is -0.570. The number of hydrogen-bond acceptors (Lipinski definition) is 2. The van der Waals surface area contributed by atoms with Crippen LogP contribution in [0, 0.1) is 17.3 Å². The minimum atomic E-state index is -1.18. The Balaban J connectivity index is 2.62. The third-order valence-corrected chi connectivity index (χ3v) is 3.42. The average molecular weight is 200 g/mol. The van der Waals surface area contributed by atoms with Gasteiger partial charge in [-0.3, -0.25) is 0 Å². The van der Waals surface area contributed by atoms with Gasteiger partial charge in [0.05, 0.1) is 0 Å². The molecule has 3 atom stereocenters. The first-order valence-electron chi connectivity index (χ1n) is 5.24. The van der Waals surface area contributed by atoms with Gasteiger partial charge in [0.25, 0.3) is 0 Å². The molecule has 0 amide bonds. The van der Waals surface area contributed by atoms with E-state index in [1.165, 1.54) is 0 Å². The third-order valence-electron chi connectivity index (χ3n) is 3.42. The van der Waals surface area contributed by atoms with Crippen LogP contribution < -0.4 is 0 Å². The van der Waals surface area contributed by atoms with Crippen LogP contribution in [0.4, 0.5) is 0 Å². The van der Waals surface area contributed by atoms with Crippen LogP contribution in [0.15, 0.2) is 0 Å². The average Bonchev–Trinajstić information content (AvgIpc) is 2.01. The molecule has 0 bridgehead atoms. The number of carboxylic acids is 1. The first kappa shape index (κ1) is 11.5. The van der Waals surface area contributed by atoms with Crippen LogP contribution in [0.5, 0.6) is 0 Å². The van der Waals surface area contributed by atoms with Gasteiger partial charge in [-0.2, -0.15) is 0 Å². The summed E-state index contributed by atoms with van der Waals surface area (Å²) in [5.74, 6) is -0.855. The van der Waals surface area contributed by atoms with Crippen LogP contribution in [0.1, 0.15) is 40.0 Å². The van der Waals surface area contributed by atoms with Gasteiger partial charge in [-0.05, 0) is 36.5 Å². The number of aliphatic hydroxyl groups excluding tert-OH is 1. The van der Waals surface area contributed by atoms with Crippen LogP contribution in [0.3, 0.4) is 0 Å². The summed E-state index contributed by atoms with van der Waals surface area (Å²) in [5.41, 5.74) is 0.300. The maximum absolute atomic E-state index is 10.7. The molecular formula is C11H20O3. The van der Waals surface area contributed by atoms with Crippen LogP contribution in [0.25, 0.3) is 0 Å². The van der Waals surface area contributed by atoms with E-state index >= 15 is 0 Å². The monoisotopic (exact) mass is 200 g/mol. The van der Waals surface area contributed by atoms with Gasteiger partial charge in [-0.15, -0.1) is 0 Å². The van der Waals surface area contributed by atoms with Gasteiger partial charge in [-0.25, -0.2) is 4.79 Å². The number of hydrogen-bond donors (Lipinski definition) is 2. The first-order chi connectivity index (χ1) is 6.33. The van der Waals surface area contributed by atoms with Gasteiger partial charge in [0.1, 0.15) is 0 Å². The van der Waals surface area contributed by atoms with Crippen molar-refractivity contribution in [2.45, 2.75) is 46.1 Å². The van der Waals surface area contributed by atoms with Crippen LogP contribution in [0.2, 0.25) is 0 Å². The first-order valence-corrected chi connectivity index (χ1v) is 5.24. The van der Waals surface area contributed by atoms with Crippen molar-refractivity contribution in [3.05, 3.63) is 0 Å². The SMILES string of the molecule is CC1CC(C)(C)CCC1C(O)C(=O)O. The number of aliphatic carboxylic acids is 1. The summed E-state index contributed by atoms with van der Waals surface area (Å²) in [4.78, 5) is 10.7. The molecule has 82 valence electrons. The van der Waals surface area contributed by atoms with Crippen molar-refractivity contribution < 1.29 is 15.0 Å². The van der Waals surface area contributed by atoms with Crippen LogP contribution in [-0.2, 0) is 4.79 Å². The van der Waals surface area contributed by atoms with Gasteiger partial charge in [0, 0.05) is 0 Å². The number of carbonyl (C=O) groups is 1. The molecule has 1 aliphatic rings. The second-order valence-corrected chi connectivity index (χ2v) is 5.33. The molecule has 0 radical (unpaired) electrons. The van der Waals surface area contributed by atoms with E-state index in [0.29, 0.717) is 11.3 Å². The molecule has 0 aromatic rings. The van der Waals surface area contributed by atoms with E-state index in [0.717, 1.165) is 19.3 Å². The highest BCUT2D eigenvalue weighted by Crippen LogP contribution is 2.42. The summed E-state index contributed by atoms with van der Waals surface area (Å²) >= 11 is 0. The van der Waals surface area contributed by atoms with E-state index in [1.807, 2.05) is 6.92 Å². The normalized spacial score (nSPS) is 33.7. The summed E-state index contributed by atoms with van der Waals surface area (Å²) < 4.78 is 0. The molecular weight excluding hydrogens is 180 g/mol. The van der Waals surface area contributed by atoms with Crippen molar-refractivity contribution in [2.75, 3.05) is 0 Å². The summed E-state index contributed by atoms with van der Waals surface area (Å²) in [6, 6.07) is 0. The largest absolute Gasteiger partial charge is 0.479 e. The molecule has 2 N–H and O–H groups in total. The molecule has 1 fully saturated rings. The Morgan fingerprint density at radius 3 is 2.50 bits per heavy atom. The summed E-state index contributed by atoms with van der Waals surface area (Å²) in [7, 11) is 0. The predicted octanol–water partition coefficient (Wildman–Crippen LogP) is 1.89. The Bertz CT molecular complexity index is 223. The van der Waals surface area contributed by atoms with Crippen LogP contribution >= 0.6 is 0 Å². The Kier molecular flexibility index (Phi) is 3.20. The van der Waals surface area contributed by atoms with Gasteiger partial charge >= 0.3 is 5.97 Å². The topological polar surface area (TPSA) is 57.5 Å². The van der Waals surface area contributed by atoms with Crippen LogP contribution in [-0.4, -0.2) is 22.3 Å². The summed E-state index contributed by atoms with van der Waals surface area (Å²) in [5, 5.41) is 18.2. The third kappa shape index (κ3) is 2.47. The second-order valence-electron chi connectivity index (χ2n) is 5.33. The van der Waals surface area contributed by atoms with E-state index in [9.17, 15) is 9.90 Å². The molecule has 1 aliphatic carbocycles. The molecule has 0 spiro atoms. The van der Waals surface area contributed by atoms with Gasteiger partial charge in [0.2, 0.25) is 0 Å². The lowest BCUT2D eigenvalue weighted by atomic mass is 9.66. The van der Waals surface area contributed by atoms with E-state index in [-0.39, 0.29) is 5.92 Å². The molecule has 14 heavy (non-hydrogen) atoms. The molecule has 3 heteroatoms. The maximum atomic E-state index is 10.7. The minimum Gasteiger partial charge on any atom is -0.479 e. The van der Waals surface area contributed by atoms with Crippen molar-refractivity contribution in [3.63, 3.8) is 0 Å². The Morgan fingerprint density at radius 2 is 2.07 bits per heavy atom. The number of aliphatic hydroxyl groups is 1. The summed E-state index contributed by atoms with van der Waals surface area (Å²) in [6.45, 7) is 6.44. The second kappa shape index (κ2) is 3.89. The Morgan fingerprint density at radius 1 is 1.50 bits per heavy atom. The van der Waals surface area contributed by atoms with E-state index in [2.05, 4.69) is 13.8 Å². The lowest BCUT2D eigenvalue weighted by Gasteiger charge is -2.40. The smallest absolute Gasteiger partial charge is 0.332 e. The van der Waals surface area contributed by atoms with Gasteiger partial charge in [0.15, 0.2) is 6.10 Å². The highest BCUT2D eigenvalue weighted by Gasteiger charge is 2.38. The molecule has 0 aliphatic heterocycles. The zero-order valence-electron chi connectivity index (χ0n) is 9.16. The fourth-order valence-corrected chi connectivity index (χ4v) is 2.62. The number of carboxylic acid groups (broad SMARTS) is 1. The standard InChI is InChI=1S/C11H20O3/c1-7-6-11(2,3)5-4-8(7)9(12)10(13)14/h7-9,12H,4-6H2,1-3H3,(H,13,14). The van der Waals surface area contributed by atoms with Crippen molar-refractivity contribution in [3.8, 4) is 0 Å². The van der Waals surface area contributed by atoms with Crippen molar-refractivity contribution in [2.24, 2.45) is 17.3 Å². The zero-order valence-corrected chi connectivity index (χ0v) is 9.16.